The first-order valence-corrected chi connectivity index (χ1v) is 15.9. The molecular weight excluding hydrogens is 553 g/mol. The Morgan fingerprint density at radius 1 is 0.413 bits per heavy atom. The average Bonchev–Trinajstić information content (AvgIpc) is 3.14. The molecule has 0 spiro atoms. The first-order valence-electron chi connectivity index (χ1n) is 15.9. The maximum atomic E-state index is 2.33. The molecule has 0 aliphatic carbocycles. The SMILES string of the molecule is C(=C\c1ccccc1)/C(=C\Cc1ccccc1)c1ccc(-c2ccc3ccc(Cc4ccccc4)cc3c2)cc1.c1ccccc1. The molecule has 0 unspecified atom stereocenters. The molecule has 46 heavy (non-hydrogen) atoms. The van der Waals surface area contributed by atoms with E-state index in [4.69, 9.17) is 0 Å². The van der Waals surface area contributed by atoms with Gasteiger partial charge in [-0.3, -0.25) is 0 Å². The number of allylic oxidation sites excluding steroid dienone is 3. The average molecular weight is 591 g/mol. The van der Waals surface area contributed by atoms with Crippen LogP contribution < -0.4 is 0 Å². The molecule has 0 aliphatic rings. The van der Waals surface area contributed by atoms with Gasteiger partial charge in [0.2, 0.25) is 0 Å². The fraction of sp³-hybridized carbons (Fsp3) is 0.0435. The minimum Gasteiger partial charge on any atom is -0.0723 e. The van der Waals surface area contributed by atoms with E-state index in [1.54, 1.807) is 0 Å². The fourth-order valence-corrected chi connectivity index (χ4v) is 5.53. The van der Waals surface area contributed by atoms with Gasteiger partial charge >= 0.3 is 0 Å². The van der Waals surface area contributed by atoms with E-state index < -0.39 is 0 Å². The summed E-state index contributed by atoms with van der Waals surface area (Å²) in [4.78, 5) is 0. The van der Waals surface area contributed by atoms with Gasteiger partial charge < -0.3 is 0 Å². The van der Waals surface area contributed by atoms with Crippen LogP contribution in [0.1, 0.15) is 27.8 Å². The fourth-order valence-electron chi connectivity index (χ4n) is 5.53. The normalized spacial score (nSPS) is 11.3. The molecule has 0 amide bonds. The van der Waals surface area contributed by atoms with Gasteiger partial charge in [-0.1, -0.05) is 200 Å². The van der Waals surface area contributed by atoms with Gasteiger partial charge in [-0.25, -0.2) is 0 Å². The second-order valence-corrected chi connectivity index (χ2v) is 11.4. The van der Waals surface area contributed by atoms with Gasteiger partial charge in [0.1, 0.15) is 0 Å². The van der Waals surface area contributed by atoms with Crippen LogP contribution in [0.4, 0.5) is 0 Å². The Balaban J connectivity index is 0.000000557. The lowest BCUT2D eigenvalue weighted by molar-refractivity contribution is 1.20. The highest BCUT2D eigenvalue weighted by Gasteiger charge is 2.05. The predicted octanol–water partition coefficient (Wildman–Crippen LogP) is 12.1. The third-order valence-electron chi connectivity index (χ3n) is 8.03. The summed E-state index contributed by atoms with van der Waals surface area (Å²) in [5, 5.41) is 2.55. The molecule has 0 bridgehead atoms. The topological polar surface area (TPSA) is 0 Å². The molecule has 0 saturated heterocycles. The van der Waals surface area contributed by atoms with Crippen LogP contribution in [0, 0.1) is 0 Å². The van der Waals surface area contributed by atoms with Gasteiger partial charge in [-0.2, -0.15) is 0 Å². The number of hydrogen-bond donors (Lipinski definition) is 0. The molecule has 0 heterocycles. The summed E-state index contributed by atoms with van der Waals surface area (Å²) in [5.74, 6) is 0. The Morgan fingerprint density at radius 3 is 1.61 bits per heavy atom. The Bertz CT molecular complexity index is 1960. The van der Waals surface area contributed by atoms with Crippen LogP contribution in [-0.4, -0.2) is 0 Å². The van der Waals surface area contributed by atoms with Crippen LogP contribution in [0.15, 0.2) is 200 Å². The summed E-state index contributed by atoms with van der Waals surface area (Å²) in [6.45, 7) is 0. The van der Waals surface area contributed by atoms with Crippen LogP contribution in [0.5, 0.6) is 0 Å². The van der Waals surface area contributed by atoms with Gasteiger partial charge in [-0.05, 0) is 74.2 Å². The molecule has 0 aliphatic heterocycles. The van der Waals surface area contributed by atoms with E-state index in [1.165, 1.54) is 55.3 Å². The number of fused-ring (bicyclic) bond motifs is 1. The maximum Gasteiger partial charge on any atom is -0.00256 e. The van der Waals surface area contributed by atoms with E-state index in [-0.39, 0.29) is 0 Å². The van der Waals surface area contributed by atoms with E-state index in [1.807, 2.05) is 36.4 Å². The molecule has 0 heteroatoms. The standard InChI is InChI=1S/C40H32.C6H6/c1-4-10-31(11-5-1)16-19-35(20-17-32-12-6-2-7-13-32)36-22-24-37(25-23-36)39-27-26-38-21-18-34(29-40(38)30-39)28-33-14-8-3-9-15-33;1-2-4-6-5-3-1/h1-16,18-27,29-30H,17,28H2;1-6H/b19-16+,35-20+;. The Hall–Kier alpha value is -5.72. The lowest BCUT2D eigenvalue weighted by Gasteiger charge is -2.09. The van der Waals surface area contributed by atoms with Crippen LogP contribution in [0.25, 0.3) is 33.5 Å². The number of benzene rings is 7. The summed E-state index contributed by atoms with van der Waals surface area (Å²) in [7, 11) is 0. The summed E-state index contributed by atoms with van der Waals surface area (Å²) >= 11 is 0. The van der Waals surface area contributed by atoms with Crippen LogP contribution in [0.3, 0.4) is 0 Å². The maximum absolute atomic E-state index is 2.33. The van der Waals surface area contributed by atoms with E-state index >= 15 is 0 Å². The van der Waals surface area contributed by atoms with E-state index in [2.05, 4.69) is 170 Å². The largest absolute Gasteiger partial charge is 0.0723 e. The van der Waals surface area contributed by atoms with E-state index in [0.717, 1.165) is 12.8 Å². The van der Waals surface area contributed by atoms with Gasteiger partial charge in [0, 0.05) is 0 Å². The van der Waals surface area contributed by atoms with Crippen LogP contribution in [0.2, 0.25) is 0 Å². The molecule has 0 N–H and O–H groups in total. The van der Waals surface area contributed by atoms with Crippen LogP contribution >= 0.6 is 0 Å². The molecular formula is C46H38. The second-order valence-electron chi connectivity index (χ2n) is 11.4. The van der Waals surface area contributed by atoms with Crippen molar-refractivity contribution in [1.29, 1.82) is 0 Å². The molecule has 0 saturated carbocycles. The van der Waals surface area contributed by atoms with Gasteiger partial charge in [0.15, 0.2) is 0 Å². The highest BCUT2D eigenvalue weighted by Crippen LogP contribution is 2.28. The first-order chi connectivity index (χ1) is 22.8. The lowest BCUT2D eigenvalue weighted by Crippen LogP contribution is -1.88. The Morgan fingerprint density at radius 2 is 0.957 bits per heavy atom. The predicted molar refractivity (Wildman–Crippen MR) is 199 cm³/mol. The smallest absolute Gasteiger partial charge is 0.00256 e. The van der Waals surface area contributed by atoms with Crippen molar-refractivity contribution in [3.05, 3.63) is 228 Å². The first kappa shape index (κ1) is 30.3. The highest BCUT2D eigenvalue weighted by molar-refractivity contribution is 5.88. The molecule has 0 aromatic heterocycles. The molecule has 0 nitrogen and oxygen atoms in total. The minimum absolute atomic E-state index is 0.896. The second kappa shape index (κ2) is 15.8. The molecule has 7 aromatic carbocycles. The summed E-state index contributed by atoms with van der Waals surface area (Å²) in [6, 6.07) is 66.4. The lowest BCUT2D eigenvalue weighted by atomic mass is 9.95. The molecule has 7 aromatic rings. The van der Waals surface area contributed by atoms with E-state index in [9.17, 15) is 0 Å². The Labute approximate surface area is 273 Å². The molecule has 0 fully saturated rings. The van der Waals surface area contributed by atoms with Gasteiger partial charge in [-0.15, -0.1) is 0 Å². The van der Waals surface area contributed by atoms with Crippen molar-refractivity contribution in [3.8, 4) is 11.1 Å². The third-order valence-corrected chi connectivity index (χ3v) is 8.03. The van der Waals surface area contributed by atoms with Crippen molar-refractivity contribution in [3.63, 3.8) is 0 Å². The summed E-state index contributed by atoms with van der Waals surface area (Å²) < 4.78 is 0. The minimum atomic E-state index is 0.896. The summed E-state index contributed by atoms with van der Waals surface area (Å²) in [5.41, 5.74) is 10.1. The van der Waals surface area contributed by atoms with Crippen molar-refractivity contribution in [2.24, 2.45) is 0 Å². The quantitative estimate of drug-likeness (QED) is 0.154. The van der Waals surface area contributed by atoms with Crippen LogP contribution in [-0.2, 0) is 12.8 Å². The van der Waals surface area contributed by atoms with Gasteiger partial charge in [0.25, 0.3) is 0 Å². The van der Waals surface area contributed by atoms with E-state index in [0.29, 0.717) is 0 Å². The zero-order chi connectivity index (χ0) is 31.2. The number of rotatable bonds is 8. The zero-order valence-electron chi connectivity index (χ0n) is 26.0. The highest BCUT2D eigenvalue weighted by atomic mass is 14.1. The third kappa shape index (κ3) is 8.68. The van der Waals surface area contributed by atoms with Crippen molar-refractivity contribution in [2.75, 3.05) is 0 Å². The molecule has 7 rings (SSSR count). The Kier molecular flexibility index (Phi) is 10.4. The summed E-state index contributed by atoms with van der Waals surface area (Å²) in [6.07, 6.45) is 8.60. The van der Waals surface area contributed by atoms with Gasteiger partial charge in [0.05, 0.1) is 0 Å². The van der Waals surface area contributed by atoms with Crippen molar-refractivity contribution in [2.45, 2.75) is 12.8 Å². The van der Waals surface area contributed by atoms with Crippen molar-refractivity contribution < 1.29 is 0 Å². The zero-order valence-corrected chi connectivity index (χ0v) is 26.0. The molecule has 0 radical (unpaired) electrons. The van der Waals surface area contributed by atoms with Crippen molar-refractivity contribution in [1.82, 2.24) is 0 Å². The molecule has 222 valence electrons. The monoisotopic (exact) mass is 590 g/mol. The number of hydrogen-bond acceptors (Lipinski definition) is 0. The van der Waals surface area contributed by atoms with Crippen molar-refractivity contribution >= 4 is 22.4 Å². The molecule has 0 atom stereocenters.